The molecule has 1 heterocycles. The van der Waals surface area contributed by atoms with Crippen molar-refractivity contribution in [2.75, 3.05) is 4.90 Å². The fourth-order valence-corrected chi connectivity index (χ4v) is 19.7. The number of hydrogen-bond acceptors (Lipinski definition) is 3. The summed E-state index contributed by atoms with van der Waals surface area (Å²) in [5.41, 5.74) is 7.12. The number of benzene rings is 8. The van der Waals surface area contributed by atoms with Gasteiger partial charge in [0.05, 0.1) is 9.79 Å². The Labute approximate surface area is 372 Å². The van der Waals surface area contributed by atoms with Crippen LogP contribution in [-0.4, -0.2) is 16.5 Å². The molecule has 8 aromatic carbocycles. The van der Waals surface area contributed by atoms with Gasteiger partial charge in [-0.15, -0.1) is 0 Å². The fraction of sp³-hybridized carbons (Fsp3) is 0.172. The van der Waals surface area contributed by atoms with Gasteiger partial charge < -0.3 is 4.90 Å². The maximum absolute atomic E-state index is 14.6. The summed E-state index contributed by atoms with van der Waals surface area (Å²) in [4.78, 5) is 3.33. The van der Waals surface area contributed by atoms with Crippen LogP contribution in [0, 0.1) is 23.7 Å². The molecule has 4 bridgehead atoms. The normalized spacial score (nSPS) is 22.6. The van der Waals surface area contributed by atoms with Crippen molar-refractivity contribution in [1.82, 2.24) is 0 Å². The first-order valence-electron chi connectivity index (χ1n) is 22.7. The molecule has 0 atom stereocenters. The average molecular weight is 852 g/mol. The van der Waals surface area contributed by atoms with E-state index in [4.69, 9.17) is 0 Å². The highest BCUT2D eigenvalue weighted by Crippen LogP contribution is 2.68. The number of hydrogen-bond donors (Lipinski definition) is 0. The van der Waals surface area contributed by atoms with E-state index >= 15 is 0 Å². The van der Waals surface area contributed by atoms with E-state index in [9.17, 15) is 8.42 Å². The van der Waals surface area contributed by atoms with Crippen molar-refractivity contribution in [1.29, 1.82) is 0 Å². The Hall–Kier alpha value is -6.27. The van der Waals surface area contributed by atoms with Gasteiger partial charge in [-0.1, -0.05) is 164 Å². The number of para-hydroxylation sites is 1. The highest BCUT2D eigenvalue weighted by Gasteiger charge is 2.62. The molecule has 5 heteroatoms. The monoisotopic (exact) mass is 851 g/mol. The summed E-state index contributed by atoms with van der Waals surface area (Å²) in [6, 6.07) is 76.2. The first kappa shape index (κ1) is 38.4. The van der Waals surface area contributed by atoms with Gasteiger partial charge >= 0.3 is 0 Å². The summed E-state index contributed by atoms with van der Waals surface area (Å²) in [7, 11) is -6.32. The molecule has 4 saturated carbocycles. The molecular weight excluding hydrogens is 803 g/mol. The van der Waals surface area contributed by atoms with Crippen molar-refractivity contribution in [2.45, 2.75) is 47.3 Å². The zero-order valence-corrected chi connectivity index (χ0v) is 37.0. The molecule has 0 amide bonds. The number of fused-ring (bicyclic) bond motifs is 2. The van der Waals surface area contributed by atoms with Gasteiger partial charge in [-0.3, -0.25) is 0 Å². The Balaban J connectivity index is 0.953. The molecule has 0 N–H and O–H groups in total. The Morgan fingerprint density at radius 2 is 0.810 bits per heavy atom. The summed E-state index contributed by atoms with van der Waals surface area (Å²) in [5, 5.41) is 5.42. The largest absolute Gasteiger partial charge is 0.310 e. The van der Waals surface area contributed by atoms with Crippen molar-refractivity contribution in [3.05, 3.63) is 223 Å². The highest BCUT2D eigenvalue weighted by atomic mass is 32.2. The molecule has 5 aliphatic rings. The molecule has 13 rings (SSSR count). The number of nitrogens with zero attached hydrogens (tertiary/aromatic N) is 1. The maximum atomic E-state index is 14.6. The van der Waals surface area contributed by atoms with Gasteiger partial charge in [-0.2, -0.15) is 0 Å². The van der Waals surface area contributed by atoms with Crippen LogP contribution in [0.1, 0.15) is 43.2 Å². The van der Waals surface area contributed by atoms with Crippen LogP contribution in [0.4, 0.5) is 17.1 Å². The summed E-state index contributed by atoms with van der Waals surface area (Å²) < 4.78 is 29.2. The number of rotatable bonds is 8. The molecule has 4 fully saturated rings. The fourth-order valence-electron chi connectivity index (χ4n) is 13.1. The van der Waals surface area contributed by atoms with Crippen LogP contribution in [0.5, 0.6) is 0 Å². The van der Waals surface area contributed by atoms with Crippen LogP contribution < -0.4 is 25.6 Å². The lowest BCUT2D eigenvalue weighted by atomic mass is 9.42. The van der Waals surface area contributed by atoms with Crippen LogP contribution in [0.3, 0.4) is 0 Å². The van der Waals surface area contributed by atoms with Crippen molar-refractivity contribution < 1.29 is 8.42 Å². The van der Waals surface area contributed by atoms with E-state index in [0.717, 1.165) is 51.2 Å². The SMILES string of the molecule is O=S1(=O)c2ccccc2C2(c3cc(N(c4ccccc4)c4ccc(-c5ccc([Si](c6ccccc6)(c6ccccc6)c6ccccc6)cc5)cc4)ccc31)[C@H]1C[C@H]3C[C@H](C[C@H]2C3)C1. The van der Waals surface area contributed by atoms with Crippen molar-refractivity contribution >= 4 is 55.7 Å². The molecule has 4 aliphatic carbocycles. The predicted octanol–water partition coefficient (Wildman–Crippen LogP) is 11.1. The van der Waals surface area contributed by atoms with E-state index in [1.165, 1.54) is 52.9 Å². The topological polar surface area (TPSA) is 37.4 Å². The van der Waals surface area contributed by atoms with E-state index in [1.54, 1.807) is 0 Å². The average Bonchev–Trinajstić information content (AvgIpc) is 3.33. The quantitative estimate of drug-likeness (QED) is 0.113. The molecule has 0 unspecified atom stereocenters. The van der Waals surface area contributed by atoms with E-state index in [-0.39, 0.29) is 5.41 Å². The van der Waals surface area contributed by atoms with Crippen molar-refractivity contribution in [2.24, 2.45) is 23.7 Å². The van der Waals surface area contributed by atoms with Gasteiger partial charge in [0.25, 0.3) is 0 Å². The zero-order valence-electron chi connectivity index (χ0n) is 35.2. The molecular formula is C58H49NO2SSi. The minimum atomic E-state index is -3.69. The van der Waals surface area contributed by atoms with Crippen LogP contribution >= 0.6 is 0 Å². The van der Waals surface area contributed by atoms with Crippen LogP contribution in [0.15, 0.2) is 222 Å². The van der Waals surface area contributed by atoms with Gasteiger partial charge in [-0.05, 0) is 147 Å². The molecule has 1 spiro atoms. The minimum Gasteiger partial charge on any atom is -0.310 e. The van der Waals surface area contributed by atoms with Gasteiger partial charge in [0.15, 0.2) is 8.07 Å². The first-order valence-corrected chi connectivity index (χ1v) is 26.2. The summed E-state index contributed by atoms with van der Waals surface area (Å²) >= 11 is 0. The molecule has 1 aliphatic heterocycles. The molecule has 8 aromatic rings. The first-order chi connectivity index (χ1) is 31.0. The van der Waals surface area contributed by atoms with Gasteiger partial charge in [0.2, 0.25) is 9.84 Å². The second kappa shape index (κ2) is 14.9. The summed E-state index contributed by atoms with van der Waals surface area (Å²) in [5.74, 6) is 2.40. The lowest BCUT2D eigenvalue weighted by Crippen LogP contribution is -2.74. The third kappa shape index (κ3) is 5.86. The van der Waals surface area contributed by atoms with Crippen LogP contribution in [0.25, 0.3) is 11.1 Å². The predicted molar refractivity (Wildman–Crippen MR) is 260 cm³/mol. The van der Waals surface area contributed by atoms with Crippen molar-refractivity contribution in [3.8, 4) is 11.1 Å². The van der Waals surface area contributed by atoms with Gasteiger partial charge in [-0.25, -0.2) is 8.42 Å². The van der Waals surface area contributed by atoms with Crippen molar-refractivity contribution in [3.63, 3.8) is 0 Å². The maximum Gasteiger partial charge on any atom is 0.207 e. The Morgan fingerprint density at radius 1 is 0.397 bits per heavy atom. The van der Waals surface area contributed by atoms with E-state index in [2.05, 4.69) is 193 Å². The van der Waals surface area contributed by atoms with Crippen LogP contribution in [-0.2, 0) is 15.3 Å². The van der Waals surface area contributed by atoms with E-state index < -0.39 is 17.9 Å². The van der Waals surface area contributed by atoms with Gasteiger partial charge in [0.1, 0.15) is 0 Å². The molecule has 3 nitrogen and oxygen atoms in total. The van der Waals surface area contributed by atoms with Crippen LogP contribution in [0.2, 0.25) is 0 Å². The molecule has 308 valence electrons. The lowest BCUT2D eigenvalue weighted by molar-refractivity contribution is -0.0446. The second-order valence-corrected chi connectivity index (χ2v) is 24.2. The third-order valence-corrected chi connectivity index (χ3v) is 22.1. The van der Waals surface area contributed by atoms with E-state index in [1.807, 2.05) is 24.3 Å². The minimum absolute atomic E-state index is 0.305. The second-order valence-electron chi connectivity index (χ2n) is 18.5. The third-order valence-electron chi connectivity index (χ3n) is 15.4. The Bertz CT molecular complexity index is 2940. The zero-order chi connectivity index (χ0) is 42.2. The Kier molecular flexibility index (Phi) is 9.10. The summed E-state index contributed by atoms with van der Waals surface area (Å²) in [6.07, 6.45) is 6.08. The summed E-state index contributed by atoms with van der Waals surface area (Å²) in [6.45, 7) is 0. The molecule has 63 heavy (non-hydrogen) atoms. The smallest absolute Gasteiger partial charge is 0.207 e. The van der Waals surface area contributed by atoms with Gasteiger partial charge in [0, 0.05) is 22.5 Å². The Morgan fingerprint density at radius 3 is 1.35 bits per heavy atom. The lowest BCUT2D eigenvalue weighted by Gasteiger charge is -2.63. The molecule has 0 aromatic heterocycles. The molecule has 0 radical (unpaired) electrons. The standard InChI is InChI=1S/C58H49NO2SSi/c60-62(61)56-24-14-13-23-54(56)58(45-36-41-35-42(38-45)39-46(58)37-41)55-40-49(31-34-57(55)62)59(47-15-5-1-6-16-47)48-29-25-43(26-30-48)44-27-32-53(33-28-44)63(50-17-7-2-8-18-50,51-19-9-3-10-20-51)52-21-11-4-12-22-52/h1-34,40-42,45-46H,35-39H2/t41-,42+,45+,46-,58?. The molecule has 0 saturated heterocycles. The highest BCUT2D eigenvalue weighted by molar-refractivity contribution is 7.91. The number of anilines is 3. The van der Waals surface area contributed by atoms with E-state index in [0.29, 0.717) is 21.6 Å². The number of sulfone groups is 1.